The Balaban J connectivity index is 2.74. The van der Waals surface area contributed by atoms with Crippen molar-refractivity contribution in [1.82, 2.24) is 4.90 Å². The van der Waals surface area contributed by atoms with Gasteiger partial charge in [0.05, 0.1) is 12.6 Å². The van der Waals surface area contributed by atoms with Crippen LogP contribution in [0.5, 0.6) is 0 Å². The molecule has 1 saturated heterocycles. The lowest BCUT2D eigenvalue weighted by Crippen LogP contribution is -2.43. The van der Waals surface area contributed by atoms with E-state index in [1.165, 1.54) is 0 Å². The van der Waals surface area contributed by atoms with Crippen molar-refractivity contribution in [2.75, 3.05) is 6.61 Å². The van der Waals surface area contributed by atoms with Crippen molar-refractivity contribution in [2.24, 2.45) is 5.92 Å². The van der Waals surface area contributed by atoms with E-state index in [2.05, 4.69) is 38.5 Å². The minimum absolute atomic E-state index is 0.160. The molecule has 74 valence electrons. The largest absolute Gasteiger partial charge is 0.360 e. The summed E-state index contributed by atoms with van der Waals surface area (Å²) < 4.78 is 5.68. The van der Waals surface area contributed by atoms with Crippen molar-refractivity contribution < 1.29 is 4.74 Å². The Kier molecular flexibility index (Phi) is 3.35. The summed E-state index contributed by atoms with van der Waals surface area (Å²) in [5.41, 5.74) is 0. The van der Waals surface area contributed by atoms with Crippen molar-refractivity contribution in [1.29, 1.82) is 0 Å². The SMILES string of the molecule is C#C[C@H]1COC(C(C)C)N1C(C)C. The summed E-state index contributed by atoms with van der Waals surface area (Å²) in [6.07, 6.45) is 5.65. The van der Waals surface area contributed by atoms with Crippen LogP contribution in [0.1, 0.15) is 27.7 Å². The van der Waals surface area contributed by atoms with Gasteiger partial charge in [0.2, 0.25) is 0 Å². The van der Waals surface area contributed by atoms with Gasteiger partial charge in [0.1, 0.15) is 6.23 Å². The second-order valence-corrected chi connectivity index (χ2v) is 4.19. The fourth-order valence-electron chi connectivity index (χ4n) is 1.86. The van der Waals surface area contributed by atoms with E-state index in [0.29, 0.717) is 18.6 Å². The minimum Gasteiger partial charge on any atom is -0.360 e. The van der Waals surface area contributed by atoms with E-state index < -0.39 is 0 Å². The van der Waals surface area contributed by atoms with Crippen LogP contribution in [0.4, 0.5) is 0 Å². The van der Waals surface area contributed by atoms with Gasteiger partial charge in [-0.1, -0.05) is 19.8 Å². The van der Waals surface area contributed by atoms with Crippen LogP contribution >= 0.6 is 0 Å². The molecule has 1 heterocycles. The molecule has 2 heteroatoms. The van der Waals surface area contributed by atoms with Crippen LogP contribution in [0.3, 0.4) is 0 Å². The summed E-state index contributed by atoms with van der Waals surface area (Å²) >= 11 is 0. The van der Waals surface area contributed by atoms with Gasteiger partial charge in [-0.15, -0.1) is 6.42 Å². The number of rotatable bonds is 2. The zero-order chi connectivity index (χ0) is 10.0. The molecular weight excluding hydrogens is 162 g/mol. The van der Waals surface area contributed by atoms with Crippen molar-refractivity contribution in [3.05, 3.63) is 0 Å². The molecule has 0 aromatic heterocycles. The molecule has 0 bridgehead atoms. The van der Waals surface area contributed by atoms with Crippen LogP contribution in [0.15, 0.2) is 0 Å². The van der Waals surface area contributed by atoms with Crippen LogP contribution in [0.25, 0.3) is 0 Å². The molecule has 2 atom stereocenters. The molecule has 0 spiro atoms. The molecule has 0 aliphatic carbocycles. The number of hydrogen-bond acceptors (Lipinski definition) is 2. The van der Waals surface area contributed by atoms with E-state index in [4.69, 9.17) is 11.2 Å². The molecule has 0 amide bonds. The molecule has 0 saturated carbocycles. The Morgan fingerprint density at radius 2 is 2.00 bits per heavy atom. The molecule has 13 heavy (non-hydrogen) atoms. The highest BCUT2D eigenvalue weighted by Gasteiger charge is 2.36. The lowest BCUT2D eigenvalue weighted by atomic mass is 10.1. The van der Waals surface area contributed by atoms with E-state index in [1.54, 1.807) is 0 Å². The highest BCUT2D eigenvalue weighted by molar-refractivity contribution is 5.04. The van der Waals surface area contributed by atoms with Gasteiger partial charge in [-0.3, -0.25) is 4.90 Å². The Hall–Kier alpha value is -0.520. The monoisotopic (exact) mass is 181 g/mol. The van der Waals surface area contributed by atoms with Crippen LogP contribution in [0.2, 0.25) is 0 Å². The van der Waals surface area contributed by atoms with Gasteiger partial charge < -0.3 is 4.74 Å². The first-order chi connectivity index (χ1) is 6.07. The molecular formula is C11H19NO. The standard InChI is InChI=1S/C11H19NO/c1-6-10-7-13-11(8(2)3)12(10)9(4)5/h1,8-11H,7H2,2-5H3/t10-,11?/m0/s1. The summed E-state index contributed by atoms with van der Waals surface area (Å²) in [6, 6.07) is 0.614. The fourth-order valence-corrected chi connectivity index (χ4v) is 1.86. The van der Waals surface area contributed by atoms with Crippen molar-refractivity contribution in [3.8, 4) is 12.3 Å². The molecule has 0 aromatic carbocycles. The van der Waals surface area contributed by atoms with E-state index in [-0.39, 0.29) is 12.3 Å². The number of ether oxygens (including phenoxy) is 1. The molecule has 1 aliphatic heterocycles. The second kappa shape index (κ2) is 4.13. The smallest absolute Gasteiger partial charge is 0.114 e. The Labute approximate surface area is 81.3 Å². The minimum atomic E-state index is 0.160. The molecule has 0 aromatic rings. The van der Waals surface area contributed by atoms with Crippen LogP contribution < -0.4 is 0 Å². The molecule has 0 N–H and O–H groups in total. The van der Waals surface area contributed by atoms with E-state index in [0.717, 1.165) is 0 Å². The topological polar surface area (TPSA) is 12.5 Å². The fraction of sp³-hybridized carbons (Fsp3) is 0.818. The average Bonchev–Trinajstić information content (AvgIpc) is 2.46. The molecule has 1 aliphatic rings. The number of nitrogens with zero attached hydrogens (tertiary/aromatic N) is 1. The molecule has 1 fully saturated rings. The zero-order valence-corrected chi connectivity index (χ0v) is 8.95. The van der Waals surface area contributed by atoms with Gasteiger partial charge in [-0.25, -0.2) is 0 Å². The predicted molar refractivity (Wildman–Crippen MR) is 54.2 cm³/mol. The summed E-state index contributed by atoms with van der Waals surface area (Å²) in [4.78, 5) is 2.28. The lowest BCUT2D eigenvalue weighted by molar-refractivity contribution is -0.0168. The summed E-state index contributed by atoms with van der Waals surface area (Å²) in [7, 11) is 0. The number of hydrogen-bond donors (Lipinski definition) is 0. The van der Waals surface area contributed by atoms with E-state index in [9.17, 15) is 0 Å². The molecule has 1 rings (SSSR count). The van der Waals surface area contributed by atoms with Crippen LogP contribution in [0, 0.1) is 18.3 Å². The van der Waals surface area contributed by atoms with Gasteiger partial charge in [0.25, 0.3) is 0 Å². The van der Waals surface area contributed by atoms with Crippen molar-refractivity contribution in [2.45, 2.75) is 46.0 Å². The van der Waals surface area contributed by atoms with Crippen LogP contribution in [-0.2, 0) is 4.74 Å². The Morgan fingerprint density at radius 3 is 2.38 bits per heavy atom. The van der Waals surface area contributed by atoms with Gasteiger partial charge in [-0.2, -0.15) is 0 Å². The molecule has 1 unspecified atom stereocenters. The van der Waals surface area contributed by atoms with Gasteiger partial charge >= 0.3 is 0 Å². The Morgan fingerprint density at radius 1 is 1.38 bits per heavy atom. The maximum absolute atomic E-state index is 5.68. The third-order valence-corrected chi connectivity index (χ3v) is 2.44. The Bertz CT molecular complexity index is 205. The second-order valence-electron chi connectivity index (χ2n) is 4.19. The summed E-state index contributed by atoms with van der Waals surface area (Å²) in [5.74, 6) is 3.28. The first-order valence-corrected chi connectivity index (χ1v) is 4.93. The predicted octanol–water partition coefficient (Wildman–Crippen LogP) is 1.71. The van der Waals surface area contributed by atoms with E-state index >= 15 is 0 Å². The molecule has 2 nitrogen and oxygen atoms in total. The third-order valence-electron chi connectivity index (χ3n) is 2.44. The quantitative estimate of drug-likeness (QED) is 0.601. The van der Waals surface area contributed by atoms with Gasteiger partial charge in [0, 0.05) is 6.04 Å². The van der Waals surface area contributed by atoms with Gasteiger partial charge in [0.15, 0.2) is 0 Å². The first-order valence-electron chi connectivity index (χ1n) is 4.93. The maximum Gasteiger partial charge on any atom is 0.114 e. The number of terminal acetylenes is 1. The van der Waals surface area contributed by atoms with Crippen molar-refractivity contribution in [3.63, 3.8) is 0 Å². The highest BCUT2D eigenvalue weighted by Crippen LogP contribution is 2.24. The van der Waals surface area contributed by atoms with Crippen molar-refractivity contribution >= 4 is 0 Å². The third kappa shape index (κ3) is 2.04. The van der Waals surface area contributed by atoms with E-state index in [1.807, 2.05) is 0 Å². The van der Waals surface area contributed by atoms with Crippen LogP contribution in [-0.4, -0.2) is 29.8 Å². The van der Waals surface area contributed by atoms with Gasteiger partial charge in [-0.05, 0) is 19.8 Å². The lowest BCUT2D eigenvalue weighted by Gasteiger charge is -2.31. The zero-order valence-electron chi connectivity index (χ0n) is 8.95. The maximum atomic E-state index is 5.68. The normalized spacial score (nSPS) is 29.9. The first kappa shape index (κ1) is 10.6. The summed E-state index contributed by atoms with van der Waals surface area (Å²) in [6.45, 7) is 9.33. The summed E-state index contributed by atoms with van der Waals surface area (Å²) in [5, 5.41) is 0. The average molecular weight is 181 g/mol. The molecule has 0 radical (unpaired) electrons. The highest BCUT2D eigenvalue weighted by atomic mass is 16.5.